The minimum Gasteiger partial charge on any atom is -0.346 e. The number of carbonyl (C=O) groups is 2. The van der Waals surface area contributed by atoms with Crippen LogP contribution in [0.4, 0.5) is 0 Å². The van der Waals surface area contributed by atoms with Crippen molar-refractivity contribution in [1.29, 1.82) is 0 Å². The van der Waals surface area contributed by atoms with E-state index in [0.29, 0.717) is 18.8 Å². The van der Waals surface area contributed by atoms with Crippen LogP contribution in [0.15, 0.2) is 36.7 Å². The maximum absolute atomic E-state index is 12.6. The van der Waals surface area contributed by atoms with E-state index in [2.05, 4.69) is 10.3 Å². The predicted octanol–water partition coefficient (Wildman–Crippen LogP) is 1.29. The van der Waals surface area contributed by atoms with Crippen molar-refractivity contribution < 1.29 is 9.59 Å². The van der Waals surface area contributed by atoms with Crippen LogP contribution in [-0.4, -0.2) is 39.4 Å². The number of imidazole rings is 1. The van der Waals surface area contributed by atoms with Crippen LogP contribution in [-0.2, 0) is 13.1 Å². The summed E-state index contributed by atoms with van der Waals surface area (Å²) in [6.07, 6.45) is 1.56. The molecule has 1 aliphatic heterocycles. The summed E-state index contributed by atoms with van der Waals surface area (Å²) in [7, 11) is 1.71. The number of carbonyl (C=O) groups excluding carboxylic acids is 2. The molecular formula is C16H18N4O2. The molecule has 0 saturated carbocycles. The second kappa shape index (κ2) is 5.63. The Morgan fingerprint density at radius 3 is 2.86 bits per heavy atom. The Labute approximate surface area is 128 Å². The summed E-state index contributed by atoms with van der Waals surface area (Å²) >= 11 is 0. The molecule has 1 N–H and O–H groups in total. The third kappa shape index (κ3) is 2.59. The maximum atomic E-state index is 12.6. The standard InChI is InChI=1S/C16H18N4O2/c1-11-8-20-10-17-13(14(20)15(21)18-11)16(22)19(2)9-12-6-4-3-5-7-12/h3-7,10-11H,8-9H2,1-2H3,(H,18,21)/t11-/m1/s1. The summed E-state index contributed by atoms with van der Waals surface area (Å²) in [6, 6.07) is 9.76. The van der Waals surface area contributed by atoms with Crippen molar-refractivity contribution in [2.24, 2.45) is 0 Å². The monoisotopic (exact) mass is 298 g/mol. The van der Waals surface area contributed by atoms with Gasteiger partial charge in [0.2, 0.25) is 0 Å². The third-order valence-corrected chi connectivity index (χ3v) is 3.71. The molecule has 0 fully saturated rings. The molecule has 1 atom stereocenters. The number of nitrogens with zero attached hydrogens (tertiary/aromatic N) is 3. The number of benzene rings is 1. The largest absolute Gasteiger partial charge is 0.346 e. The van der Waals surface area contributed by atoms with Crippen LogP contribution < -0.4 is 5.32 Å². The van der Waals surface area contributed by atoms with Gasteiger partial charge in [-0.05, 0) is 12.5 Å². The molecule has 1 aromatic carbocycles. The van der Waals surface area contributed by atoms with E-state index in [-0.39, 0.29) is 23.6 Å². The predicted molar refractivity (Wildman–Crippen MR) is 81.4 cm³/mol. The fourth-order valence-electron chi connectivity index (χ4n) is 2.66. The molecule has 6 heteroatoms. The average molecular weight is 298 g/mol. The Morgan fingerprint density at radius 1 is 1.41 bits per heavy atom. The van der Waals surface area contributed by atoms with Crippen LogP contribution in [0.2, 0.25) is 0 Å². The molecule has 114 valence electrons. The average Bonchev–Trinajstić information content (AvgIpc) is 2.91. The van der Waals surface area contributed by atoms with E-state index < -0.39 is 0 Å². The van der Waals surface area contributed by atoms with E-state index in [1.165, 1.54) is 0 Å². The number of fused-ring (bicyclic) bond motifs is 1. The number of hydrogen-bond acceptors (Lipinski definition) is 3. The van der Waals surface area contributed by atoms with Crippen molar-refractivity contribution in [1.82, 2.24) is 19.8 Å². The topological polar surface area (TPSA) is 67.2 Å². The number of hydrogen-bond donors (Lipinski definition) is 1. The Bertz CT molecular complexity index is 708. The SMILES string of the molecule is C[C@@H]1Cn2cnc(C(=O)N(C)Cc3ccccc3)c2C(=O)N1. The molecule has 22 heavy (non-hydrogen) atoms. The summed E-state index contributed by atoms with van der Waals surface area (Å²) in [6.45, 7) is 3.03. The molecule has 2 aromatic rings. The highest BCUT2D eigenvalue weighted by molar-refractivity contribution is 6.05. The molecule has 0 aliphatic carbocycles. The van der Waals surface area contributed by atoms with E-state index in [0.717, 1.165) is 5.56 Å². The zero-order valence-electron chi connectivity index (χ0n) is 12.6. The van der Waals surface area contributed by atoms with Gasteiger partial charge in [0.15, 0.2) is 5.69 Å². The Morgan fingerprint density at radius 2 is 2.14 bits per heavy atom. The van der Waals surface area contributed by atoms with Crippen molar-refractivity contribution in [3.8, 4) is 0 Å². The van der Waals surface area contributed by atoms with Gasteiger partial charge in [-0.1, -0.05) is 30.3 Å². The van der Waals surface area contributed by atoms with Gasteiger partial charge in [0.25, 0.3) is 11.8 Å². The minimum atomic E-state index is -0.248. The molecule has 6 nitrogen and oxygen atoms in total. The molecule has 2 heterocycles. The van der Waals surface area contributed by atoms with Crippen LogP contribution in [0, 0.1) is 0 Å². The smallest absolute Gasteiger partial charge is 0.274 e. The lowest BCUT2D eigenvalue weighted by atomic mass is 10.1. The van der Waals surface area contributed by atoms with Crippen molar-refractivity contribution in [3.05, 3.63) is 53.6 Å². The third-order valence-electron chi connectivity index (χ3n) is 3.71. The summed E-state index contributed by atoms with van der Waals surface area (Å²) in [4.78, 5) is 30.4. The van der Waals surface area contributed by atoms with Gasteiger partial charge in [0, 0.05) is 26.2 Å². The van der Waals surface area contributed by atoms with Crippen LogP contribution in [0.1, 0.15) is 33.5 Å². The van der Waals surface area contributed by atoms with Gasteiger partial charge in [-0.15, -0.1) is 0 Å². The number of rotatable bonds is 3. The van der Waals surface area contributed by atoms with Gasteiger partial charge >= 0.3 is 0 Å². The first kappa shape index (κ1) is 14.3. The molecule has 2 amide bonds. The van der Waals surface area contributed by atoms with Crippen molar-refractivity contribution in [2.45, 2.75) is 26.1 Å². The molecular weight excluding hydrogens is 280 g/mol. The van der Waals surface area contributed by atoms with Crippen molar-refractivity contribution in [2.75, 3.05) is 7.05 Å². The van der Waals surface area contributed by atoms with Gasteiger partial charge in [-0.2, -0.15) is 0 Å². The van der Waals surface area contributed by atoms with Gasteiger partial charge in [-0.25, -0.2) is 4.98 Å². The Balaban J connectivity index is 1.83. The molecule has 3 rings (SSSR count). The molecule has 1 aliphatic rings. The number of amides is 2. The lowest BCUT2D eigenvalue weighted by Gasteiger charge is -2.23. The summed E-state index contributed by atoms with van der Waals surface area (Å²) in [5, 5.41) is 2.83. The molecule has 1 aromatic heterocycles. The number of nitrogens with one attached hydrogen (secondary N) is 1. The van der Waals surface area contributed by atoms with Crippen LogP contribution in [0.3, 0.4) is 0 Å². The van der Waals surface area contributed by atoms with Gasteiger partial charge in [-0.3, -0.25) is 9.59 Å². The van der Waals surface area contributed by atoms with Crippen LogP contribution in [0.5, 0.6) is 0 Å². The lowest BCUT2D eigenvalue weighted by Crippen LogP contribution is -2.43. The first-order valence-electron chi connectivity index (χ1n) is 7.21. The lowest BCUT2D eigenvalue weighted by molar-refractivity contribution is 0.0768. The van der Waals surface area contributed by atoms with E-state index in [1.54, 1.807) is 22.8 Å². The zero-order chi connectivity index (χ0) is 15.7. The van der Waals surface area contributed by atoms with Gasteiger partial charge < -0.3 is 14.8 Å². The molecule has 0 spiro atoms. The molecule has 0 bridgehead atoms. The number of aromatic nitrogens is 2. The van der Waals surface area contributed by atoms with Crippen LogP contribution in [0.25, 0.3) is 0 Å². The normalized spacial score (nSPS) is 16.8. The minimum absolute atomic E-state index is 0.0409. The van der Waals surface area contributed by atoms with E-state index in [9.17, 15) is 9.59 Å². The fourth-order valence-corrected chi connectivity index (χ4v) is 2.66. The molecule has 0 unspecified atom stereocenters. The fraction of sp³-hybridized carbons (Fsp3) is 0.312. The summed E-state index contributed by atoms with van der Waals surface area (Å²) in [5.74, 6) is -0.491. The van der Waals surface area contributed by atoms with Gasteiger partial charge in [0.05, 0.1) is 6.33 Å². The van der Waals surface area contributed by atoms with Crippen molar-refractivity contribution >= 4 is 11.8 Å². The highest BCUT2D eigenvalue weighted by Gasteiger charge is 2.30. The van der Waals surface area contributed by atoms with Gasteiger partial charge in [0.1, 0.15) is 5.69 Å². The Hall–Kier alpha value is -2.63. The molecule has 0 saturated heterocycles. The highest BCUT2D eigenvalue weighted by atomic mass is 16.2. The van der Waals surface area contributed by atoms with E-state index in [1.807, 2.05) is 37.3 Å². The summed E-state index contributed by atoms with van der Waals surface area (Å²) in [5.41, 5.74) is 1.59. The second-order valence-electron chi connectivity index (χ2n) is 5.62. The maximum Gasteiger partial charge on any atom is 0.274 e. The highest BCUT2D eigenvalue weighted by Crippen LogP contribution is 2.16. The zero-order valence-corrected chi connectivity index (χ0v) is 12.6. The van der Waals surface area contributed by atoms with Crippen LogP contribution >= 0.6 is 0 Å². The first-order chi connectivity index (χ1) is 10.6. The molecule has 0 radical (unpaired) electrons. The van der Waals surface area contributed by atoms with E-state index in [4.69, 9.17) is 0 Å². The second-order valence-corrected chi connectivity index (χ2v) is 5.62. The summed E-state index contributed by atoms with van der Waals surface area (Å²) < 4.78 is 1.74. The van der Waals surface area contributed by atoms with Crippen molar-refractivity contribution in [3.63, 3.8) is 0 Å². The Kier molecular flexibility index (Phi) is 3.66. The van der Waals surface area contributed by atoms with E-state index >= 15 is 0 Å². The quantitative estimate of drug-likeness (QED) is 0.928. The first-order valence-corrected chi connectivity index (χ1v) is 7.21.